The number of aromatic nitrogens is 1. The quantitative estimate of drug-likeness (QED) is 0.143. The van der Waals surface area contributed by atoms with Gasteiger partial charge in [0.25, 0.3) is 0 Å². The van der Waals surface area contributed by atoms with Crippen LogP contribution in [0.2, 0.25) is 0 Å². The lowest BCUT2D eigenvalue weighted by Crippen LogP contribution is -1.94. The van der Waals surface area contributed by atoms with Crippen LogP contribution in [0, 0.1) is 0 Å². The van der Waals surface area contributed by atoms with Gasteiger partial charge in [-0.2, -0.15) is 0 Å². The van der Waals surface area contributed by atoms with Crippen molar-refractivity contribution < 1.29 is 0 Å². The molecular weight excluding hydrogens is 1130 g/mol. The number of allylic oxidation sites excluding steroid dienone is 5. The molecule has 0 saturated carbocycles. The summed E-state index contributed by atoms with van der Waals surface area (Å²) in [7, 11) is 0. The zero-order valence-electron chi connectivity index (χ0n) is 51.7. The van der Waals surface area contributed by atoms with E-state index in [4.69, 9.17) is 0 Å². The number of hydrogen-bond donors (Lipinski definition) is 0. The van der Waals surface area contributed by atoms with Crippen LogP contribution in [0.1, 0.15) is 23.6 Å². The molecule has 2 aliphatic carbocycles. The zero-order chi connectivity index (χ0) is 61.9. The summed E-state index contributed by atoms with van der Waals surface area (Å²) in [5.41, 5.74) is 25.9. The van der Waals surface area contributed by atoms with Crippen molar-refractivity contribution in [1.82, 2.24) is 4.57 Å². The Morgan fingerprint density at radius 1 is 0.266 bits per heavy atom. The largest absolute Gasteiger partial charge is 0.309 e. The van der Waals surface area contributed by atoms with E-state index in [0.717, 1.165) is 11.3 Å². The van der Waals surface area contributed by atoms with E-state index in [-0.39, 0.29) is 0 Å². The molecule has 0 N–H and O–H groups in total. The molecule has 1 heterocycles. The lowest BCUT2D eigenvalue weighted by atomic mass is 9.89. The fourth-order valence-corrected chi connectivity index (χ4v) is 16.5. The minimum atomic E-state index is 1.14. The smallest absolute Gasteiger partial charge is 0.0547 e. The second-order valence-corrected chi connectivity index (χ2v) is 25.9. The van der Waals surface area contributed by atoms with Crippen LogP contribution >= 0.6 is 0 Å². The summed E-state index contributed by atoms with van der Waals surface area (Å²) in [6.07, 6.45) is 4.48. The normalized spacial score (nSPS) is 12.8. The monoisotopic (exact) mass is 1190 g/mol. The third kappa shape index (κ3) is 7.82. The molecule has 2 aliphatic rings. The van der Waals surface area contributed by atoms with Gasteiger partial charge in [-0.1, -0.05) is 249 Å². The van der Waals surface area contributed by atoms with Crippen molar-refractivity contribution in [1.29, 1.82) is 0 Å². The molecular formula is C93H57N. The van der Waals surface area contributed by atoms with Crippen molar-refractivity contribution in [3.63, 3.8) is 0 Å². The van der Waals surface area contributed by atoms with Crippen LogP contribution in [-0.4, -0.2) is 4.57 Å². The van der Waals surface area contributed by atoms with Gasteiger partial charge in [-0.05, 0) is 266 Å². The van der Waals surface area contributed by atoms with E-state index in [0.29, 0.717) is 0 Å². The van der Waals surface area contributed by atoms with Crippen LogP contribution in [0.15, 0.2) is 322 Å². The second-order valence-electron chi connectivity index (χ2n) is 25.9. The van der Waals surface area contributed by atoms with Crippen molar-refractivity contribution in [2.75, 3.05) is 0 Å². The summed E-state index contributed by atoms with van der Waals surface area (Å²) >= 11 is 0. The van der Waals surface area contributed by atoms with Gasteiger partial charge in [-0.15, -0.1) is 0 Å². The Bertz CT molecular complexity index is 6490. The highest BCUT2D eigenvalue weighted by atomic mass is 15.0. The molecule has 0 radical (unpaired) electrons. The van der Waals surface area contributed by atoms with Gasteiger partial charge in [-0.25, -0.2) is 0 Å². The Balaban J connectivity index is 0.653. The average molecular weight is 1190 g/mol. The molecule has 0 atom stereocenters. The summed E-state index contributed by atoms with van der Waals surface area (Å²) in [6.45, 7) is 6.77. The van der Waals surface area contributed by atoms with Crippen LogP contribution in [0.25, 0.3) is 197 Å². The van der Waals surface area contributed by atoms with Crippen molar-refractivity contribution in [3.8, 4) is 72.4 Å². The standard InChI is InChI=1S/C93H57N/c1-3-72-85(83-28-14-19-68-50-69(53-86(72)91(68)83)63-32-31-61-48-66(36-35-60(61)46-63)74-41-42-81(78-23-9-8-22-76(74)78)77-26-12-17-56-15-4-6-20-73(56)77)45-55(2)59-30-29-58-39-44-89-93(84(58)52-59)92-75-21-7-5-16-57(75)38-43-88(92)94(89)71-40-37-62-47-64(33-34-65(62)51-71)70-49-67-18-13-27-82-79-24-10-11-25-80(79)87(54-70)90(67)82/h3-54H,1H2,2H3/b55-45+. The molecule has 0 amide bonds. The first-order chi connectivity index (χ1) is 46.4. The molecule has 0 saturated heterocycles. The van der Waals surface area contributed by atoms with Gasteiger partial charge in [0, 0.05) is 16.5 Å². The fraction of sp³-hybridized carbons (Fsp3) is 0.0108. The molecule has 0 aliphatic heterocycles. The summed E-state index contributed by atoms with van der Waals surface area (Å²) in [5, 5.41) is 22.5. The highest BCUT2D eigenvalue weighted by Gasteiger charge is 2.26. The van der Waals surface area contributed by atoms with Crippen LogP contribution in [0.4, 0.5) is 0 Å². The molecule has 94 heavy (non-hydrogen) atoms. The predicted octanol–water partition coefficient (Wildman–Crippen LogP) is 25.8. The first-order valence-electron chi connectivity index (χ1n) is 32.7. The Kier molecular flexibility index (Phi) is 11.3. The maximum Gasteiger partial charge on any atom is 0.0547 e. The third-order valence-electron chi connectivity index (χ3n) is 20.9. The minimum absolute atomic E-state index is 1.14. The van der Waals surface area contributed by atoms with E-state index in [1.54, 1.807) is 0 Å². The summed E-state index contributed by atoms with van der Waals surface area (Å²) < 4.78 is 2.49. The minimum Gasteiger partial charge on any atom is -0.309 e. The Labute approximate surface area is 544 Å². The number of fused-ring (bicyclic) bond motifs is 14. The Morgan fingerprint density at radius 3 is 1.44 bits per heavy atom. The van der Waals surface area contributed by atoms with E-state index in [2.05, 4.69) is 334 Å². The number of hydrogen-bond acceptors (Lipinski definition) is 0. The highest BCUT2D eigenvalue weighted by molar-refractivity contribution is 6.29. The van der Waals surface area contributed by atoms with Gasteiger partial charge in [0.2, 0.25) is 0 Å². The lowest BCUT2D eigenvalue weighted by molar-refractivity contribution is 1.19. The molecule has 1 nitrogen and oxygen atoms in total. The van der Waals surface area contributed by atoms with Gasteiger partial charge in [-0.3, -0.25) is 0 Å². The van der Waals surface area contributed by atoms with Gasteiger partial charge in [0.15, 0.2) is 0 Å². The maximum absolute atomic E-state index is 4.49. The molecule has 1 heteroatoms. The number of nitrogens with zero attached hydrogens (tertiary/aromatic N) is 1. The molecule has 0 unspecified atom stereocenters. The Hall–Kier alpha value is -12.2. The summed E-state index contributed by atoms with van der Waals surface area (Å²) in [4.78, 5) is 0. The predicted molar refractivity (Wildman–Crippen MR) is 404 cm³/mol. The van der Waals surface area contributed by atoms with Gasteiger partial charge in [0.05, 0.1) is 11.0 Å². The third-order valence-corrected chi connectivity index (χ3v) is 20.9. The summed E-state index contributed by atoms with van der Waals surface area (Å²) in [6, 6.07) is 114. The second kappa shape index (κ2) is 20.2. The number of rotatable bonds is 8. The zero-order valence-corrected chi connectivity index (χ0v) is 51.7. The van der Waals surface area contributed by atoms with Crippen LogP contribution in [0.5, 0.6) is 0 Å². The molecule has 20 rings (SSSR count). The fourth-order valence-electron chi connectivity index (χ4n) is 16.5. The van der Waals surface area contributed by atoms with Crippen molar-refractivity contribution in [2.24, 2.45) is 0 Å². The van der Waals surface area contributed by atoms with Gasteiger partial charge >= 0.3 is 0 Å². The Morgan fingerprint density at radius 2 is 0.723 bits per heavy atom. The summed E-state index contributed by atoms with van der Waals surface area (Å²) in [5.74, 6) is 0. The van der Waals surface area contributed by atoms with E-state index in [1.807, 2.05) is 0 Å². The maximum atomic E-state index is 4.49. The van der Waals surface area contributed by atoms with E-state index < -0.39 is 0 Å². The van der Waals surface area contributed by atoms with E-state index in [1.165, 1.54) is 203 Å². The lowest BCUT2D eigenvalue weighted by Gasteiger charge is -2.14. The molecule has 0 bridgehead atoms. The van der Waals surface area contributed by atoms with Crippen LogP contribution in [0.3, 0.4) is 0 Å². The van der Waals surface area contributed by atoms with E-state index >= 15 is 0 Å². The number of benzene rings is 17. The molecule has 17 aromatic carbocycles. The molecule has 434 valence electrons. The van der Waals surface area contributed by atoms with Gasteiger partial charge < -0.3 is 4.57 Å². The van der Waals surface area contributed by atoms with Crippen molar-refractivity contribution in [2.45, 2.75) is 6.92 Å². The molecule has 0 fully saturated rings. The topological polar surface area (TPSA) is 4.93 Å². The van der Waals surface area contributed by atoms with Crippen LogP contribution in [-0.2, 0) is 0 Å². The molecule has 18 aromatic rings. The van der Waals surface area contributed by atoms with E-state index in [9.17, 15) is 0 Å². The first kappa shape index (κ1) is 52.6. The first-order valence-corrected chi connectivity index (χ1v) is 32.7. The molecule has 1 aromatic heterocycles. The van der Waals surface area contributed by atoms with Crippen molar-refractivity contribution >= 4 is 125 Å². The molecule has 0 spiro atoms. The SMILES string of the molecule is C=CC1=C(/C=C(\C)c2ccc3ccc4c(c3c2)c2c3ccccc3ccc2n4-c2ccc3cc(-c4cc5c6c(cccc6c4)-c4ccccc4-5)ccc3c2)c2cccc3cc(-c4ccc5cc(-c6ccc(-c7cccc8ccccc78)c7ccccc67)ccc5c4)cc1c23. The average Bonchev–Trinajstić information content (AvgIpc) is 1.56. The highest BCUT2D eigenvalue weighted by Crippen LogP contribution is 2.51. The van der Waals surface area contributed by atoms with Crippen LogP contribution < -0.4 is 0 Å². The van der Waals surface area contributed by atoms with Gasteiger partial charge in [0.1, 0.15) is 0 Å². The van der Waals surface area contributed by atoms with Crippen molar-refractivity contribution in [3.05, 3.63) is 339 Å².